The summed E-state index contributed by atoms with van der Waals surface area (Å²) in [6.07, 6.45) is 2.47. The summed E-state index contributed by atoms with van der Waals surface area (Å²) in [5, 5.41) is 0.541. The third-order valence-corrected chi connectivity index (χ3v) is 7.77. The minimum Gasteiger partial charge on any atom is -0.207 e. The van der Waals surface area contributed by atoms with Gasteiger partial charge < -0.3 is 0 Å². The highest BCUT2D eigenvalue weighted by atomic mass is 35.5. The summed E-state index contributed by atoms with van der Waals surface area (Å²) in [4.78, 5) is 0.317. The molecule has 1 aliphatic rings. The first-order valence-electron chi connectivity index (χ1n) is 8.76. The van der Waals surface area contributed by atoms with Crippen molar-refractivity contribution in [1.29, 1.82) is 0 Å². The number of sulfonamides is 1. The molecule has 1 saturated heterocycles. The number of hydrogen-bond donors (Lipinski definition) is 0. The third kappa shape index (κ3) is 3.35. The second-order valence-electron chi connectivity index (χ2n) is 6.73. The van der Waals surface area contributed by atoms with Gasteiger partial charge in [0.1, 0.15) is 0 Å². The fraction of sp³-hybridized carbons (Fsp3) is 0.400. The van der Waals surface area contributed by atoms with Crippen LogP contribution in [0.25, 0.3) is 0 Å². The number of hydrogen-bond acceptors (Lipinski definition) is 2. The second-order valence-corrected chi connectivity index (χ2v) is 9.03. The van der Waals surface area contributed by atoms with Gasteiger partial charge in [0.2, 0.25) is 10.0 Å². The van der Waals surface area contributed by atoms with Crippen LogP contribution in [0, 0.1) is 0 Å². The van der Waals surface area contributed by atoms with Crippen LogP contribution in [0.1, 0.15) is 44.6 Å². The molecule has 0 N–H and O–H groups in total. The number of rotatable bonds is 5. The molecule has 134 valence electrons. The van der Waals surface area contributed by atoms with Crippen molar-refractivity contribution in [1.82, 2.24) is 4.31 Å². The molecule has 2 aromatic rings. The summed E-state index contributed by atoms with van der Waals surface area (Å²) in [6.45, 7) is 4.69. The molecular formula is C20H24ClNO2S. The topological polar surface area (TPSA) is 37.4 Å². The molecule has 25 heavy (non-hydrogen) atoms. The first-order chi connectivity index (χ1) is 11.9. The molecule has 1 atom stereocenters. The molecule has 1 aliphatic heterocycles. The highest BCUT2D eigenvalue weighted by molar-refractivity contribution is 7.89. The zero-order valence-electron chi connectivity index (χ0n) is 14.7. The molecule has 1 unspecified atom stereocenters. The van der Waals surface area contributed by atoms with Crippen LogP contribution in [0.5, 0.6) is 0 Å². The Morgan fingerprint density at radius 3 is 2.20 bits per heavy atom. The van der Waals surface area contributed by atoms with Gasteiger partial charge in [-0.15, -0.1) is 0 Å². The number of benzene rings is 2. The van der Waals surface area contributed by atoms with Crippen molar-refractivity contribution in [3.05, 3.63) is 65.2 Å². The lowest BCUT2D eigenvalue weighted by Gasteiger charge is -2.36. The monoisotopic (exact) mass is 377 g/mol. The molecule has 0 radical (unpaired) electrons. The molecule has 0 spiro atoms. The van der Waals surface area contributed by atoms with E-state index in [-0.39, 0.29) is 11.5 Å². The molecule has 3 rings (SSSR count). The fourth-order valence-corrected chi connectivity index (χ4v) is 6.02. The second kappa shape index (κ2) is 7.10. The first kappa shape index (κ1) is 18.4. The van der Waals surface area contributed by atoms with Crippen molar-refractivity contribution in [2.75, 3.05) is 6.54 Å². The molecule has 3 nitrogen and oxygen atoms in total. The van der Waals surface area contributed by atoms with Gasteiger partial charge in [-0.1, -0.05) is 55.8 Å². The number of nitrogens with zero attached hydrogens (tertiary/aromatic N) is 1. The predicted molar refractivity (Wildman–Crippen MR) is 102 cm³/mol. The van der Waals surface area contributed by atoms with Gasteiger partial charge >= 0.3 is 0 Å². The summed E-state index contributed by atoms with van der Waals surface area (Å²) in [6, 6.07) is 16.7. The van der Waals surface area contributed by atoms with Crippen molar-refractivity contribution in [2.45, 2.75) is 49.5 Å². The molecule has 1 heterocycles. The van der Waals surface area contributed by atoms with E-state index in [1.165, 1.54) is 5.56 Å². The average Bonchev–Trinajstić information content (AvgIpc) is 3.04. The molecule has 0 saturated carbocycles. The highest BCUT2D eigenvalue weighted by Gasteiger charge is 2.49. The standard InChI is InChI=1S/C20H24ClNO2S/c1-3-20(4-2)14-17(16-8-6-5-7-9-16)15-22(20)25(23,24)19-12-10-18(21)11-13-19/h5-13,17H,3-4,14-15H2,1-2H3. The van der Waals surface area contributed by atoms with E-state index >= 15 is 0 Å². The van der Waals surface area contributed by atoms with E-state index < -0.39 is 10.0 Å². The zero-order chi connectivity index (χ0) is 18.1. The van der Waals surface area contributed by atoms with Gasteiger partial charge in [0, 0.05) is 17.1 Å². The van der Waals surface area contributed by atoms with Crippen molar-refractivity contribution < 1.29 is 8.42 Å². The van der Waals surface area contributed by atoms with Crippen LogP contribution in [0.15, 0.2) is 59.5 Å². The Bertz CT molecular complexity index is 815. The Hall–Kier alpha value is -1.36. The highest BCUT2D eigenvalue weighted by Crippen LogP contribution is 2.45. The SMILES string of the molecule is CCC1(CC)CC(c2ccccc2)CN1S(=O)(=O)c1ccc(Cl)cc1. The van der Waals surface area contributed by atoms with E-state index in [9.17, 15) is 8.42 Å². The molecule has 0 aromatic heterocycles. The maximum absolute atomic E-state index is 13.3. The minimum absolute atomic E-state index is 0.225. The Morgan fingerprint density at radius 1 is 1.04 bits per heavy atom. The summed E-state index contributed by atoms with van der Waals surface area (Å²) >= 11 is 5.93. The van der Waals surface area contributed by atoms with Gasteiger partial charge in [-0.25, -0.2) is 8.42 Å². The quantitative estimate of drug-likeness (QED) is 0.728. The molecular weight excluding hydrogens is 354 g/mol. The normalized spacial score (nSPS) is 20.7. The van der Waals surface area contributed by atoms with Crippen LogP contribution < -0.4 is 0 Å². The lowest BCUT2D eigenvalue weighted by atomic mass is 9.85. The molecule has 1 fully saturated rings. The molecule has 2 aromatic carbocycles. The van der Waals surface area contributed by atoms with E-state index in [4.69, 9.17) is 11.6 Å². The summed E-state index contributed by atoms with van der Waals surface area (Å²) in [5.41, 5.74) is 0.876. The van der Waals surface area contributed by atoms with Crippen molar-refractivity contribution >= 4 is 21.6 Å². The van der Waals surface area contributed by atoms with E-state index in [0.29, 0.717) is 16.5 Å². The fourth-order valence-electron chi connectivity index (χ4n) is 3.95. The van der Waals surface area contributed by atoms with Crippen LogP contribution in [-0.4, -0.2) is 24.8 Å². The first-order valence-corrected chi connectivity index (χ1v) is 10.6. The van der Waals surface area contributed by atoms with Crippen LogP contribution in [0.4, 0.5) is 0 Å². The molecule has 0 bridgehead atoms. The maximum atomic E-state index is 13.3. The Labute approximate surface area is 155 Å². The third-order valence-electron chi connectivity index (χ3n) is 5.53. The van der Waals surface area contributed by atoms with Crippen LogP contribution in [0.3, 0.4) is 0 Å². The van der Waals surface area contributed by atoms with Crippen LogP contribution >= 0.6 is 11.6 Å². The van der Waals surface area contributed by atoms with E-state index in [1.807, 2.05) is 18.2 Å². The summed E-state index contributed by atoms with van der Waals surface area (Å²) in [7, 11) is -3.55. The molecule has 5 heteroatoms. The molecule has 0 aliphatic carbocycles. The van der Waals surface area contributed by atoms with E-state index in [0.717, 1.165) is 19.3 Å². The van der Waals surface area contributed by atoms with Gasteiger partial charge in [0.05, 0.1) is 4.90 Å². The van der Waals surface area contributed by atoms with Crippen molar-refractivity contribution in [3.8, 4) is 0 Å². The smallest absolute Gasteiger partial charge is 0.207 e. The lowest BCUT2D eigenvalue weighted by Crippen LogP contribution is -2.46. The summed E-state index contributed by atoms with van der Waals surface area (Å²) in [5.74, 6) is 0.225. The lowest BCUT2D eigenvalue weighted by molar-refractivity contribution is 0.223. The Balaban J connectivity index is 2.01. The Morgan fingerprint density at radius 2 is 1.64 bits per heavy atom. The Kier molecular flexibility index (Phi) is 5.24. The zero-order valence-corrected chi connectivity index (χ0v) is 16.2. The predicted octanol–water partition coefficient (Wildman–Crippen LogP) is 5.08. The van der Waals surface area contributed by atoms with E-state index in [1.54, 1.807) is 28.6 Å². The largest absolute Gasteiger partial charge is 0.243 e. The molecule has 0 amide bonds. The van der Waals surface area contributed by atoms with Gasteiger partial charge in [-0.05, 0) is 55.0 Å². The minimum atomic E-state index is -3.55. The van der Waals surface area contributed by atoms with Crippen molar-refractivity contribution in [3.63, 3.8) is 0 Å². The van der Waals surface area contributed by atoms with Crippen LogP contribution in [0.2, 0.25) is 5.02 Å². The van der Waals surface area contributed by atoms with Crippen molar-refractivity contribution in [2.24, 2.45) is 0 Å². The van der Waals surface area contributed by atoms with Crippen LogP contribution in [-0.2, 0) is 10.0 Å². The average molecular weight is 378 g/mol. The van der Waals surface area contributed by atoms with E-state index in [2.05, 4.69) is 26.0 Å². The van der Waals surface area contributed by atoms with Gasteiger partial charge in [0.15, 0.2) is 0 Å². The van der Waals surface area contributed by atoms with Gasteiger partial charge in [-0.2, -0.15) is 4.31 Å². The summed E-state index contributed by atoms with van der Waals surface area (Å²) < 4.78 is 28.4. The van der Waals surface area contributed by atoms with Gasteiger partial charge in [-0.3, -0.25) is 0 Å². The van der Waals surface area contributed by atoms with Gasteiger partial charge in [0.25, 0.3) is 0 Å². The number of halogens is 1. The maximum Gasteiger partial charge on any atom is 0.243 e.